The Morgan fingerprint density at radius 3 is 2.52 bits per heavy atom. The molecule has 6 rings (SSSR count). The van der Waals surface area contributed by atoms with Crippen molar-refractivity contribution in [3.8, 4) is 0 Å². The van der Waals surface area contributed by atoms with E-state index in [1.165, 1.54) is 36.4 Å². The topological polar surface area (TPSA) is 81.8 Å². The van der Waals surface area contributed by atoms with Crippen LogP contribution in [-0.2, 0) is 18.4 Å². The molecule has 2 heterocycles. The van der Waals surface area contributed by atoms with Crippen molar-refractivity contribution in [2.45, 2.75) is 50.6 Å². The molecule has 0 radical (unpaired) electrons. The molecule has 0 unspecified atom stereocenters. The number of fused-ring (bicyclic) bond motifs is 1. The minimum Gasteiger partial charge on any atom is -0.349 e. The lowest BCUT2D eigenvalue weighted by Crippen LogP contribution is -2.60. The second-order valence-electron chi connectivity index (χ2n) is 8.43. The van der Waals surface area contributed by atoms with Gasteiger partial charge < -0.3 is 5.32 Å². The van der Waals surface area contributed by atoms with Crippen LogP contribution >= 0.6 is 0 Å². The number of carbonyl (C=O) groups is 1. The number of hydrogen-bond donors (Lipinski definition) is 1. The molecule has 2 aromatic heterocycles. The first kappa shape index (κ1) is 15.1. The van der Waals surface area contributed by atoms with Crippen LogP contribution in [0.5, 0.6) is 0 Å². The van der Waals surface area contributed by atoms with Crippen LogP contribution in [0, 0.1) is 17.8 Å². The summed E-state index contributed by atoms with van der Waals surface area (Å²) in [4.78, 5) is 29.5. The summed E-state index contributed by atoms with van der Waals surface area (Å²) in [5.74, 6) is 2.27. The lowest BCUT2D eigenvalue weighted by molar-refractivity contribution is -0.127. The maximum atomic E-state index is 12.7. The SMILES string of the molecule is Cn1ncc2c(=O)n(CC(=O)NC34CC5CC(CC(C5)C3)C4)cnc21. The predicted molar refractivity (Wildman–Crippen MR) is 91.8 cm³/mol. The van der Waals surface area contributed by atoms with E-state index in [0.717, 1.165) is 37.0 Å². The van der Waals surface area contributed by atoms with Gasteiger partial charge in [-0.2, -0.15) is 5.10 Å². The molecule has 132 valence electrons. The maximum Gasteiger partial charge on any atom is 0.264 e. The number of aryl methyl sites for hydroxylation is 1. The highest BCUT2D eigenvalue weighted by Crippen LogP contribution is 2.55. The van der Waals surface area contributed by atoms with E-state index in [4.69, 9.17) is 0 Å². The second kappa shape index (κ2) is 5.16. The number of nitrogens with zero attached hydrogens (tertiary/aromatic N) is 4. The molecule has 1 amide bonds. The summed E-state index contributed by atoms with van der Waals surface area (Å²) >= 11 is 0. The number of nitrogens with one attached hydrogen (secondary N) is 1. The fourth-order valence-corrected chi connectivity index (χ4v) is 5.93. The third-order valence-electron chi connectivity index (χ3n) is 6.47. The molecule has 2 aromatic rings. The van der Waals surface area contributed by atoms with Crippen LogP contribution in [-0.4, -0.2) is 30.8 Å². The van der Waals surface area contributed by atoms with Crippen LogP contribution in [0.2, 0.25) is 0 Å². The normalized spacial score (nSPS) is 33.1. The van der Waals surface area contributed by atoms with Crippen LogP contribution < -0.4 is 10.9 Å². The Hall–Kier alpha value is -2.18. The molecule has 4 aliphatic carbocycles. The van der Waals surface area contributed by atoms with Crippen molar-refractivity contribution in [1.82, 2.24) is 24.6 Å². The van der Waals surface area contributed by atoms with Crippen molar-refractivity contribution in [2.75, 3.05) is 0 Å². The molecule has 25 heavy (non-hydrogen) atoms. The first-order valence-corrected chi connectivity index (χ1v) is 9.19. The van der Waals surface area contributed by atoms with Gasteiger partial charge in [-0.05, 0) is 56.3 Å². The molecule has 1 N–H and O–H groups in total. The van der Waals surface area contributed by atoms with Gasteiger partial charge in [0.1, 0.15) is 18.3 Å². The van der Waals surface area contributed by atoms with Crippen molar-refractivity contribution in [3.05, 3.63) is 22.9 Å². The van der Waals surface area contributed by atoms with Crippen molar-refractivity contribution in [3.63, 3.8) is 0 Å². The highest BCUT2D eigenvalue weighted by Gasteiger charge is 2.51. The van der Waals surface area contributed by atoms with Gasteiger partial charge in [0, 0.05) is 12.6 Å². The molecule has 0 aliphatic heterocycles. The van der Waals surface area contributed by atoms with Crippen molar-refractivity contribution >= 4 is 16.9 Å². The third kappa shape index (κ3) is 2.40. The van der Waals surface area contributed by atoms with Gasteiger partial charge in [-0.25, -0.2) is 4.98 Å². The maximum absolute atomic E-state index is 12.7. The minimum atomic E-state index is -0.209. The molecule has 7 heteroatoms. The summed E-state index contributed by atoms with van der Waals surface area (Å²) in [5, 5.41) is 7.82. The molecule has 7 nitrogen and oxygen atoms in total. The van der Waals surface area contributed by atoms with Gasteiger partial charge in [-0.3, -0.25) is 18.8 Å². The predicted octanol–water partition coefficient (Wildman–Crippen LogP) is 1.21. The molecule has 4 saturated carbocycles. The van der Waals surface area contributed by atoms with Gasteiger partial charge in [0.25, 0.3) is 5.56 Å². The lowest BCUT2D eigenvalue weighted by atomic mass is 9.53. The number of rotatable bonds is 3. The summed E-state index contributed by atoms with van der Waals surface area (Å²) in [6.07, 6.45) is 10.3. The fourth-order valence-electron chi connectivity index (χ4n) is 5.93. The molecular formula is C18H23N5O2. The van der Waals surface area contributed by atoms with E-state index in [2.05, 4.69) is 15.4 Å². The number of carbonyl (C=O) groups excluding carboxylic acids is 1. The van der Waals surface area contributed by atoms with E-state index >= 15 is 0 Å². The van der Waals surface area contributed by atoms with E-state index < -0.39 is 0 Å². The van der Waals surface area contributed by atoms with Crippen LogP contribution in [0.1, 0.15) is 38.5 Å². The molecule has 4 aliphatic rings. The molecule has 4 bridgehead atoms. The van der Waals surface area contributed by atoms with Crippen molar-refractivity contribution in [1.29, 1.82) is 0 Å². The molecule has 0 saturated heterocycles. The van der Waals surface area contributed by atoms with Crippen molar-refractivity contribution in [2.24, 2.45) is 24.8 Å². The summed E-state index contributed by atoms with van der Waals surface area (Å²) in [5.41, 5.74) is 0.308. The molecule has 0 aromatic carbocycles. The molecule has 0 atom stereocenters. The third-order valence-corrected chi connectivity index (χ3v) is 6.47. The number of amides is 1. The van der Waals surface area contributed by atoms with Gasteiger partial charge in [-0.1, -0.05) is 0 Å². The Bertz CT molecular complexity index is 877. The van der Waals surface area contributed by atoms with Crippen LogP contribution in [0.25, 0.3) is 11.0 Å². The van der Waals surface area contributed by atoms with E-state index in [9.17, 15) is 9.59 Å². The molecule has 0 spiro atoms. The largest absolute Gasteiger partial charge is 0.349 e. The first-order valence-electron chi connectivity index (χ1n) is 9.19. The van der Waals surface area contributed by atoms with Crippen LogP contribution in [0.15, 0.2) is 17.3 Å². The fraction of sp³-hybridized carbons (Fsp3) is 0.667. The van der Waals surface area contributed by atoms with Gasteiger partial charge in [0.05, 0.1) is 6.20 Å². The number of hydrogen-bond acceptors (Lipinski definition) is 4. The van der Waals surface area contributed by atoms with E-state index in [-0.39, 0.29) is 23.6 Å². The Kier molecular flexibility index (Phi) is 3.12. The van der Waals surface area contributed by atoms with E-state index in [1.807, 2.05) is 0 Å². The van der Waals surface area contributed by atoms with Gasteiger partial charge in [0.2, 0.25) is 5.91 Å². The highest BCUT2D eigenvalue weighted by molar-refractivity contribution is 5.78. The van der Waals surface area contributed by atoms with Crippen LogP contribution in [0.3, 0.4) is 0 Å². The van der Waals surface area contributed by atoms with Gasteiger partial charge in [-0.15, -0.1) is 0 Å². The molecule has 4 fully saturated rings. The monoisotopic (exact) mass is 341 g/mol. The van der Waals surface area contributed by atoms with Crippen molar-refractivity contribution < 1.29 is 4.79 Å². The second-order valence-corrected chi connectivity index (χ2v) is 8.43. The Labute approximate surface area is 145 Å². The zero-order chi connectivity index (χ0) is 17.2. The zero-order valence-electron chi connectivity index (χ0n) is 14.4. The first-order chi connectivity index (χ1) is 12.0. The summed E-state index contributed by atoms with van der Waals surface area (Å²) in [6.45, 7) is 0.0262. The Morgan fingerprint density at radius 2 is 1.88 bits per heavy atom. The minimum absolute atomic E-state index is 0.0262. The van der Waals surface area contributed by atoms with E-state index in [0.29, 0.717) is 11.0 Å². The summed E-state index contributed by atoms with van der Waals surface area (Å²) in [6, 6.07) is 0. The van der Waals surface area contributed by atoms with Gasteiger partial charge >= 0.3 is 0 Å². The standard InChI is InChI=1S/C18H23N5O2/c1-22-16-14(8-20-22)17(25)23(10-19-16)9-15(24)21-18-5-11-2-12(6-18)4-13(3-11)7-18/h8,10-13H,2-7,9H2,1H3,(H,21,24). The molecular weight excluding hydrogens is 318 g/mol. The van der Waals surface area contributed by atoms with E-state index in [1.54, 1.807) is 11.7 Å². The quantitative estimate of drug-likeness (QED) is 0.910. The van der Waals surface area contributed by atoms with Gasteiger partial charge in [0.15, 0.2) is 5.65 Å². The van der Waals surface area contributed by atoms with Crippen LogP contribution in [0.4, 0.5) is 0 Å². The summed E-state index contributed by atoms with van der Waals surface area (Å²) < 4.78 is 2.95. The lowest BCUT2D eigenvalue weighted by Gasteiger charge is -2.56. The average Bonchev–Trinajstić information content (AvgIpc) is 2.90. The average molecular weight is 341 g/mol. The Balaban J connectivity index is 1.36. The number of aromatic nitrogens is 4. The highest BCUT2D eigenvalue weighted by atomic mass is 16.2. The summed E-state index contributed by atoms with van der Waals surface area (Å²) in [7, 11) is 1.75. The Morgan fingerprint density at radius 1 is 1.24 bits per heavy atom. The zero-order valence-corrected chi connectivity index (χ0v) is 14.4. The smallest absolute Gasteiger partial charge is 0.264 e.